The van der Waals surface area contributed by atoms with Crippen molar-refractivity contribution in [3.63, 3.8) is 0 Å². The number of aryl methyl sites for hydroxylation is 1. The van der Waals surface area contributed by atoms with Gasteiger partial charge in [0.25, 0.3) is 0 Å². The summed E-state index contributed by atoms with van der Waals surface area (Å²) in [6.07, 6.45) is 4.12. The highest BCUT2D eigenvalue weighted by molar-refractivity contribution is 6.31. The van der Waals surface area contributed by atoms with Gasteiger partial charge in [0.05, 0.1) is 23.5 Å². The number of nitrogens with one attached hydrogen (secondary N) is 1. The fourth-order valence-electron chi connectivity index (χ4n) is 2.14. The average Bonchev–Trinajstić information content (AvgIpc) is 2.92. The second-order valence-electron chi connectivity index (χ2n) is 5.17. The molecule has 1 saturated heterocycles. The predicted molar refractivity (Wildman–Crippen MR) is 81.6 cm³/mol. The van der Waals surface area contributed by atoms with E-state index in [0.717, 1.165) is 25.0 Å². The van der Waals surface area contributed by atoms with Gasteiger partial charge < -0.3 is 15.0 Å². The number of amides is 1. The Bertz CT molecular complexity index is 498. The maximum Gasteiger partial charge on any atom is 0.409 e. The summed E-state index contributed by atoms with van der Waals surface area (Å²) in [7, 11) is 0. The highest BCUT2D eigenvalue weighted by atomic mass is 35.5. The van der Waals surface area contributed by atoms with Crippen molar-refractivity contribution >= 4 is 23.6 Å². The van der Waals surface area contributed by atoms with E-state index in [1.807, 2.05) is 6.92 Å². The Morgan fingerprint density at radius 1 is 1.62 bits per heavy atom. The molecule has 0 unspecified atom stereocenters. The molecule has 1 aromatic heterocycles. The van der Waals surface area contributed by atoms with Gasteiger partial charge in [0, 0.05) is 19.1 Å². The number of ether oxygens (including phenoxy) is 1. The summed E-state index contributed by atoms with van der Waals surface area (Å²) in [5.74, 6) is 0.545. The van der Waals surface area contributed by atoms with Crippen molar-refractivity contribution in [1.82, 2.24) is 14.9 Å². The van der Waals surface area contributed by atoms with E-state index < -0.39 is 0 Å². The van der Waals surface area contributed by atoms with Gasteiger partial charge in [0.15, 0.2) is 0 Å². The fourth-order valence-corrected chi connectivity index (χ4v) is 2.23. The van der Waals surface area contributed by atoms with Gasteiger partial charge in [-0.3, -0.25) is 0 Å². The molecule has 1 aliphatic heterocycles. The van der Waals surface area contributed by atoms with Crippen LogP contribution in [0.1, 0.15) is 31.9 Å². The van der Waals surface area contributed by atoms with Crippen LogP contribution in [-0.4, -0.2) is 46.7 Å². The van der Waals surface area contributed by atoms with Gasteiger partial charge in [-0.1, -0.05) is 24.9 Å². The minimum absolute atomic E-state index is 0.143. The van der Waals surface area contributed by atoms with Gasteiger partial charge in [-0.2, -0.15) is 0 Å². The minimum atomic E-state index is -0.235. The van der Waals surface area contributed by atoms with E-state index in [0.29, 0.717) is 30.7 Å². The SMILES string of the molecule is CCCCOC(=O)N1CC[C@H](Nc2ncc(Cl)c(C)n2)C1. The van der Waals surface area contributed by atoms with Crippen molar-refractivity contribution in [2.45, 2.75) is 39.2 Å². The van der Waals surface area contributed by atoms with Crippen LogP contribution in [0, 0.1) is 6.92 Å². The van der Waals surface area contributed by atoms with Crippen molar-refractivity contribution in [3.05, 3.63) is 16.9 Å². The van der Waals surface area contributed by atoms with Gasteiger partial charge in [-0.25, -0.2) is 14.8 Å². The summed E-state index contributed by atoms with van der Waals surface area (Å²) in [5, 5.41) is 3.78. The van der Waals surface area contributed by atoms with E-state index in [4.69, 9.17) is 16.3 Å². The molecule has 0 bridgehead atoms. The smallest absolute Gasteiger partial charge is 0.409 e. The molecule has 1 aliphatic rings. The lowest BCUT2D eigenvalue weighted by atomic mass is 10.3. The van der Waals surface area contributed by atoms with Crippen LogP contribution in [-0.2, 0) is 4.74 Å². The summed E-state index contributed by atoms with van der Waals surface area (Å²) in [4.78, 5) is 22.0. The van der Waals surface area contributed by atoms with Gasteiger partial charge in [0.2, 0.25) is 5.95 Å². The number of anilines is 1. The second-order valence-corrected chi connectivity index (χ2v) is 5.58. The number of halogens is 1. The zero-order valence-corrected chi connectivity index (χ0v) is 13.2. The molecule has 6 nitrogen and oxygen atoms in total. The van der Waals surface area contributed by atoms with E-state index in [2.05, 4.69) is 22.2 Å². The predicted octanol–water partition coefficient (Wildman–Crippen LogP) is 2.86. The van der Waals surface area contributed by atoms with Crippen molar-refractivity contribution in [3.8, 4) is 0 Å². The van der Waals surface area contributed by atoms with Gasteiger partial charge in [-0.15, -0.1) is 0 Å². The van der Waals surface area contributed by atoms with Crippen LogP contribution >= 0.6 is 11.6 Å². The topological polar surface area (TPSA) is 67.3 Å². The maximum atomic E-state index is 11.8. The molecule has 21 heavy (non-hydrogen) atoms. The lowest BCUT2D eigenvalue weighted by molar-refractivity contribution is 0.109. The lowest BCUT2D eigenvalue weighted by Crippen LogP contribution is -2.32. The lowest BCUT2D eigenvalue weighted by Gasteiger charge is -2.17. The summed E-state index contributed by atoms with van der Waals surface area (Å²) in [5.41, 5.74) is 0.739. The summed E-state index contributed by atoms with van der Waals surface area (Å²) in [6.45, 7) is 5.69. The monoisotopic (exact) mass is 312 g/mol. The van der Waals surface area contributed by atoms with E-state index >= 15 is 0 Å². The number of unbranched alkanes of at least 4 members (excludes halogenated alkanes) is 1. The van der Waals surface area contributed by atoms with Crippen molar-refractivity contribution in [1.29, 1.82) is 0 Å². The number of likely N-dealkylation sites (tertiary alicyclic amines) is 1. The highest BCUT2D eigenvalue weighted by Gasteiger charge is 2.27. The number of hydrogen-bond acceptors (Lipinski definition) is 5. The third-order valence-corrected chi connectivity index (χ3v) is 3.79. The standard InChI is InChI=1S/C14H21ClN4O2/c1-3-4-7-21-14(20)19-6-5-11(9-19)18-13-16-8-12(15)10(2)17-13/h8,11H,3-7,9H2,1-2H3,(H,16,17,18)/t11-/m0/s1. The van der Waals surface area contributed by atoms with Crippen LogP contribution in [0.4, 0.5) is 10.7 Å². The van der Waals surface area contributed by atoms with Crippen molar-refractivity contribution in [2.75, 3.05) is 25.0 Å². The summed E-state index contributed by atoms with van der Waals surface area (Å²) >= 11 is 5.90. The molecule has 1 aromatic rings. The van der Waals surface area contributed by atoms with Crippen LogP contribution in [0.15, 0.2) is 6.20 Å². The number of carbonyl (C=O) groups excluding carboxylic acids is 1. The van der Waals surface area contributed by atoms with E-state index in [1.54, 1.807) is 11.1 Å². The van der Waals surface area contributed by atoms with Crippen molar-refractivity contribution < 1.29 is 9.53 Å². The van der Waals surface area contributed by atoms with Crippen LogP contribution < -0.4 is 5.32 Å². The van der Waals surface area contributed by atoms with Crippen molar-refractivity contribution in [2.24, 2.45) is 0 Å². The number of nitrogens with zero attached hydrogens (tertiary/aromatic N) is 3. The first-order valence-electron chi connectivity index (χ1n) is 7.27. The Morgan fingerprint density at radius 3 is 3.14 bits per heavy atom. The molecular weight excluding hydrogens is 292 g/mol. The third-order valence-electron chi connectivity index (χ3n) is 3.42. The molecule has 1 amide bonds. The van der Waals surface area contributed by atoms with E-state index in [9.17, 15) is 4.79 Å². The summed E-state index contributed by atoms with van der Waals surface area (Å²) < 4.78 is 5.21. The first kappa shape index (κ1) is 15.8. The van der Waals surface area contributed by atoms with E-state index in [-0.39, 0.29) is 12.1 Å². The average molecular weight is 313 g/mol. The number of carbonyl (C=O) groups is 1. The quantitative estimate of drug-likeness (QED) is 0.847. The molecular formula is C14H21ClN4O2. The molecule has 1 N–H and O–H groups in total. The molecule has 0 aliphatic carbocycles. The Kier molecular flexibility index (Phi) is 5.61. The molecule has 1 fully saturated rings. The van der Waals surface area contributed by atoms with Crippen LogP contribution in [0.25, 0.3) is 0 Å². The largest absolute Gasteiger partial charge is 0.449 e. The molecule has 0 radical (unpaired) electrons. The number of hydrogen-bond donors (Lipinski definition) is 1. The third kappa shape index (κ3) is 4.46. The molecule has 0 spiro atoms. The molecule has 0 aromatic carbocycles. The molecule has 2 rings (SSSR count). The Hall–Kier alpha value is -1.56. The Labute approximate surface area is 129 Å². The summed E-state index contributed by atoms with van der Waals surface area (Å²) in [6, 6.07) is 0.143. The van der Waals surface area contributed by atoms with Gasteiger partial charge in [0.1, 0.15) is 0 Å². The minimum Gasteiger partial charge on any atom is -0.449 e. The number of rotatable bonds is 5. The number of aromatic nitrogens is 2. The maximum absolute atomic E-state index is 11.8. The molecule has 7 heteroatoms. The first-order chi connectivity index (χ1) is 10.1. The Morgan fingerprint density at radius 2 is 2.43 bits per heavy atom. The highest BCUT2D eigenvalue weighted by Crippen LogP contribution is 2.17. The molecule has 2 heterocycles. The van der Waals surface area contributed by atoms with Crippen LogP contribution in [0.3, 0.4) is 0 Å². The van der Waals surface area contributed by atoms with Crippen LogP contribution in [0.2, 0.25) is 5.02 Å². The second kappa shape index (κ2) is 7.45. The van der Waals surface area contributed by atoms with Crippen LogP contribution in [0.5, 0.6) is 0 Å². The molecule has 1 atom stereocenters. The first-order valence-corrected chi connectivity index (χ1v) is 7.65. The molecule has 116 valence electrons. The van der Waals surface area contributed by atoms with Gasteiger partial charge in [-0.05, 0) is 19.8 Å². The molecule has 0 saturated carbocycles. The van der Waals surface area contributed by atoms with Gasteiger partial charge >= 0.3 is 6.09 Å². The van der Waals surface area contributed by atoms with E-state index in [1.165, 1.54) is 0 Å². The zero-order chi connectivity index (χ0) is 15.2. The fraction of sp³-hybridized carbons (Fsp3) is 0.643. The normalized spacial score (nSPS) is 17.9. The zero-order valence-electron chi connectivity index (χ0n) is 12.4. The Balaban J connectivity index is 1.82.